The summed E-state index contributed by atoms with van der Waals surface area (Å²) in [6.07, 6.45) is 0.766. The van der Waals surface area contributed by atoms with Crippen LogP contribution in [0.15, 0.2) is 18.2 Å². The number of halogens is 3. The van der Waals surface area contributed by atoms with Crippen LogP contribution in [0.2, 0.25) is 0 Å². The predicted octanol–water partition coefficient (Wildman–Crippen LogP) is 1.49. The molecule has 17 heavy (non-hydrogen) atoms. The number of rotatable bonds is 3. The topological polar surface area (TPSA) is 93.2 Å². The second-order valence-electron chi connectivity index (χ2n) is 2.89. The van der Waals surface area contributed by atoms with Gasteiger partial charge in [-0.2, -0.15) is 21.6 Å². The predicted molar refractivity (Wildman–Crippen MR) is 54.3 cm³/mol. The molecule has 0 fully saturated rings. The highest BCUT2D eigenvalue weighted by atomic mass is 32.2. The summed E-state index contributed by atoms with van der Waals surface area (Å²) < 4.78 is 61.4. The van der Waals surface area contributed by atoms with Gasteiger partial charge in [-0.05, 0) is 6.07 Å². The van der Waals surface area contributed by atoms with E-state index in [1.54, 1.807) is 0 Å². The van der Waals surface area contributed by atoms with E-state index in [0.29, 0.717) is 0 Å². The van der Waals surface area contributed by atoms with Crippen molar-refractivity contribution in [2.24, 2.45) is 0 Å². The van der Waals surface area contributed by atoms with Crippen molar-refractivity contribution in [1.82, 2.24) is 0 Å². The van der Waals surface area contributed by atoms with Crippen molar-refractivity contribution in [3.63, 3.8) is 0 Å². The van der Waals surface area contributed by atoms with Crippen molar-refractivity contribution in [2.45, 2.75) is 5.51 Å². The Balaban J connectivity index is 3.18. The summed E-state index contributed by atoms with van der Waals surface area (Å²) in [6.45, 7) is 0. The van der Waals surface area contributed by atoms with E-state index in [4.69, 9.17) is 11.1 Å². The maximum absolute atomic E-state index is 12.0. The number of anilines is 1. The third-order valence-corrected chi connectivity index (χ3v) is 2.70. The zero-order chi connectivity index (χ0) is 13.3. The minimum Gasteiger partial charge on any atom is -0.395 e. The smallest absolute Gasteiger partial charge is 0.395 e. The number of nitrogens with two attached hydrogens (primary N) is 1. The zero-order valence-corrected chi connectivity index (χ0v) is 8.97. The van der Waals surface area contributed by atoms with Crippen LogP contribution in [0.25, 0.3) is 0 Å². The summed E-state index contributed by atoms with van der Waals surface area (Å²) >= 11 is 0. The van der Waals surface area contributed by atoms with Crippen LogP contribution in [-0.2, 0) is 10.1 Å². The SMILES string of the molecule is N=Cc1cccc(OS(=O)(=O)C(F)(F)F)c1N. The Morgan fingerprint density at radius 3 is 2.41 bits per heavy atom. The molecule has 0 atom stereocenters. The zero-order valence-electron chi connectivity index (χ0n) is 8.15. The van der Waals surface area contributed by atoms with E-state index in [-0.39, 0.29) is 11.3 Å². The first-order valence-corrected chi connectivity index (χ1v) is 5.49. The molecule has 3 N–H and O–H groups in total. The summed E-state index contributed by atoms with van der Waals surface area (Å²) in [7, 11) is -5.75. The molecular formula is C8H7F3N2O3S. The molecule has 0 bridgehead atoms. The lowest BCUT2D eigenvalue weighted by Gasteiger charge is -2.11. The molecule has 1 aromatic carbocycles. The van der Waals surface area contributed by atoms with E-state index in [9.17, 15) is 21.6 Å². The lowest BCUT2D eigenvalue weighted by Crippen LogP contribution is -2.28. The molecule has 5 nitrogen and oxygen atoms in total. The fourth-order valence-electron chi connectivity index (χ4n) is 0.925. The minimum atomic E-state index is -5.75. The van der Waals surface area contributed by atoms with Crippen LogP contribution in [0.5, 0.6) is 5.75 Å². The number of nitrogens with one attached hydrogen (secondary N) is 1. The lowest BCUT2D eigenvalue weighted by molar-refractivity contribution is -0.0499. The fourth-order valence-corrected chi connectivity index (χ4v) is 1.40. The Hall–Kier alpha value is -1.77. The van der Waals surface area contributed by atoms with Crippen LogP contribution < -0.4 is 9.92 Å². The third kappa shape index (κ3) is 2.67. The van der Waals surface area contributed by atoms with Crippen molar-refractivity contribution in [3.05, 3.63) is 23.8 Å². The van der Waals surface area contributed by atoms with Crippen molar-refractivity contribution in [1.29, 1.82) is 5.41 Å². The van der Waals surface area contributed by atoms with E-state index >= 15 is 0 Å². The summed E-state index contributed by atoms with van der Waals surface area (Å²) in [5, 5.41) is 6.90. The van der Waals surface area contributed by atoms with Gasteiger partial charge in [-0.3, -0.25) is 0 Å². The number of hydrogen-bond donors (Lipinski definition) is 2. The van der Waals surface area contributed by atoms with Crippen LogP contribution in [-0.4, -0.2) is 20.1 Å². The molecule has 0 amide bonds. The van der Waals surface area contributed by atoms with E-state index in [0.717, 1.165) is 12.3 Å². The normalized spacial score (nSPS) is 12.2. The highest BCUT2D eigenvalue weighted by Gasteiger charge is 2.48. The molecule has 1 aromatic rings. The molecule has 0 aliphatic heterocycles. The molecule has 0 unspecified atom stereocenters. The van der Waals surface area contributed by atoms with Crippen LogP contribution in [0.4, 0.5) is 18.9 Å². The van der Waals surface area contributed by atoms with Gasteiger partial charge in [-0.15, -0.1) is 0 Å². The highest BCUT2D eigenvalue weighted by Crippen LogP contribution is 2.31. The Kier molecular flexibility index (Phi) is 3.32. The molecule has 0 heterocycles. The quantitative estimate of drug-likeness (QED) is 0.376. The fraction of sp³-hybridized carbons (Fsp3) is 0.125. The van der Waals surface area contributed by atoms with Crippen molar-refractivity contribution in [3.8, 4) is 5.75 Å². The minimum absolute atomic E-state index is 0.0554. The number of alkyl halides is 3. The molecule has 0 aromatic heterocycles. The van der Waals surface area contributed by atoms with Gasteiger partial charge < -0.3 is 15.3 Å². The van der Waals surface area contributed by atoms with E-state index in [1.165, 1.54) is 12.1 Å². The van der Waals surface area contributed by atoms with Crippen LogP contribution in [0, 0.1) is 5.41 Å². The Bertz CT molecular complexity index is 539. The second kappa shape index (κ2) is 4.24. The van der Waals surface area contributed by atoms with Gasteiger partial charge >= 0.3 is 15.6 Å². The molecule has 9 heteroatoms. The molecule has 0 aliphatic rings. The largest absolute Gasteiger partial charge is 0.534 e. The Labute approximate surface area is 94.6 Å². The van der Waals surface area contributed by atoms with Gasteiger partial charge in [0.15, 0.2) is 5.75 Å². The first kappa shape index (κ1) is 13.3. The molecule has 0 radical (unpaired) electrons. The summed E-state index contributed by atoms with van der Waals surface area (Å²) in [6, 6.07) is 3.51. The molecule has 94 valence electrons. The van der Waals surface area contributed by atoms with E-state index < -0.39 is 21.4 Å². The number of para-hydroxylation sites is 1. The van der Waals surface area contributed by atoms with Crippen LogP contribution in [0.3, 0.4) is 0 Å². The van der Waals surface area contributed by atoms with Crippen molar-refractivity contribution in [2.75, 3.05) is 5.73 Å². The van der Waals surface area contributed by atoms with E-state index in [2.05, 4.69) is 4.18 Å². The third-order valence-electron chi connectivity index (χ3n) is 1.74. The first-order chi connectivity index (χ1) is 7.69. The highest BCUT2D eigenvalue weighted by molar-refractivity contribution is 7.88. The van der Waals surface area contributed by atoms with Crippen molar-refractivity contribution >= 4 is 22.0 Å². The standard InChI is InChI=1S/C8H7F3N2O3S/c9-8(10,11)17(14,15)16-6-3-1-2-5(4-12)7(6)13/h1-4,12H,13H2. The average Bonchev–Trinajstić information content (AvgIpc) is 2.19. The van der Waals surface area contributed by atoms with Gasteiger partial charge in [-0.25, -0.2) is 0 Å². The molecule has 0 saturated carbocycles. The van der Waals surface area contributed by atoms with Crippen LogP contribution in [0.1, 0.15) is 5.56 Å². The molecule has 1 rings (SSSR count). The van der Waals surface area contributed by atoms with Crippen LogP contribution >= 0.6 is 0 Å². The summed E-state index contributed by atoms with van der Waals surface area (Å²) in [5.41, 5.74) is -0.488. The first-order valence-electron chi connectivity index (χ1n) is 4.09. The van der Waals surface area contributed by atoms with Gasteiger partial charge in [0.25, 0.3) is 0 Å². The maximum Gasteiger partial charge on any atom is 0.534 e. The van der Waals surface area contributed by atoms with E-state index in [1.807, 2.05) is 0 Å². The van der Waals surface area contributed by atoms with Crippen molar-refractivity contribution < 1.29 is 25.8 Å². The summed E-state index contributed by atoms with van der Waals surface area (Å²) in [4.78, 5) is 0. The van der Waals surface area contributed by atoms with Gasteiger partial charge in [-0.1, -0.05) is 12.1 Å². The molecule has 0 saturated heterocycles. The number of hydrogen-bond acceptors (Lipinski definition) is 5. The second-order valence-corrected chi connectivity index (χ2v) is 4.42. The lowest BCUT2D eigenvalue weighted by atomic mass is 10.2. The monoisotopic (exact) mass is 268 g/mol. The van der Waals surface area contributed by atoms with Gasteiger partial charge in [0.05, 0.1) is 5.69 Å². The van der Waals surface area contributed by atoms with Gasteiger partial charge in [0, 0.05) is 11.8 Å². The molecular weight excluding hydrogens is 261 g/mol. The number of benzene rings is 1. The number of nitrogen functional groups attached to an aromatic ring is 1. The Morgan fingerprint density at radius 1 is 1.35 bits per heavy atom. The summed E-state index contributed by atoms with van der Waals surface area (Å²) in [5.74, 6) is -0.664. The van der Waals surface area contributed by atoms with Gasteiger partial charge in [0.2, 0.25) is 0 Å². The molecule has 0 aliphatic carbocycles. The average molecular weight is 268 g/mol. The Morgan fingerprint density at radius 2 is 1.94 bits per heavy atom. The maximum atomic E-state index is 12.0. The van der Waals surface area contributed by atoms with Gasteiger partial charge in [0.1, 0.15) is 0 Å². The molecule has 0 spiro atoms.